The largest absolute Gasteiger partial charge is 0.282 e. The Kier molecular flexibility index (Phi) is 4.09. The molecule has 5 rings (SSSR count). The Morgan fingerprint density at radius 2 is 1.61 bits per heavy atom. The van der Waals surface area contributed by atoms with E-state index >= 15 is 0 Å². The summed E-state index contributed by atoms with van der Waals surface area (Å²) in [4.78, 5) is 22.1. The molecule has 0 spiro atoms. The van der Waals surface area contributed by atoms with Gasteiger partial charge >= 0.3 is 0 Å². The van der Waals surface area contributed by atoms with Crippen LogP contribution in [0.3, 0.4) is 0 Å². The monoisotopic (exact) mass is 365 g/mol. The van der Waals surface area contributed by atoms with Crippen LogP contribution in [0.5, 0.6) is 0 Å². The fraction of sp³-hybridized carbons (Fsp3) is 0.125. The lowest BCUT2D eigenvalue weighted by Crippen LogP contribution is -2.17. The van der Waals surface area contributed by atoms with Crippen molar-refractivity contribution in [2.24, 2.45) is 0 Å². The first kappa shape index (κ1) is 16.6. The van der Waals surface area contributed by atoms with E-state index in [-0.39, 0.29) is 5.56 Å². The predicted molar refractivity (Wildman–Crippen MR) is 113 cm³/mol. The fourth-order valence-electron chi connectivity index (χ4n) is 3.79. The molecule has 2 heterocycles. The van der Waals surface area contributed by atoms with E-state index in [4.69, 9.17) is 4.98 Å². The molecule has 0 unspecified atom stereocenters. The molecule has 1 aliphatic carbocycles. The highest BCUT2D eigenvalue weighted by atomic mass is 16.1. The summed E-state index contributed by atoms with van der Waals surface area (Å²) in [6.45, 7) is 0. The summed E-state index contributed by atoms with van der Waals surface area (Å²) in [6.07, 6.45) is 6.90. The second-order valence-corrected chi connectivity index (χ2v) is 7.01. The summed E-state index contributed by atoms with van der Waals surface area (Å²) in [5.41, 5.74) is 4.73. The van der Waals surface area contributed by atoms with Crippen LogP contribution in [0.1, 0.15) is 29.1 Å². The second-order valence-electron chi connectivity index (χ2n) is 7.01. The first-order chi connectivity index (χ1) is 13.8. The van der Waals surface area contributed by atoms with Gasteiger partial charge in [-0.2, -0.15) is 4.98 Å². The maximum atomic E-state index is 12.8. The lowest BCUT2D eigenvalue weighted by molar-refractivity contribution is 0.896. The summed E-state index contributed by atoms with van der Waals surface area (Å²) in [5, 5.41) is 0.585. The topological polar surface area (TPSA) is 47.8 Å². The molecule has 4 aromatic rings. The smallest absolute Gasteiger partial charge is 0.278 e. The van der Waals surface area contributed by atoms with Crippen LogP contribution >= 0.6 is 0 Å². The number of aromatic nitrogens is 3. The Labute approximate surface area is 162 Å². The van der Waals surface area contributed by atoms with E-state index in [9.17, 15) is 4.79 Å². The van der Waals surface area contributed by atoms with Crippen LogP contribution in [0.2, 0.25) is 0 Å². The van der Waals surface area contributed by atoms with E-state index in [1.54, 1.807) is 0 Å². The number of pyridine rings is 1. The third-order valence-electron chi connectivity index (χ3n) is 5.16. The summed E-state index contributed by atoms with van der Waals surface area (Å²) in [6, 6.07) is 22.0. The Hall–Kier alpha value is -3.53. The van der Waals surface area contributed by atoms with Crippen LogP contribution in [0.15, 0.2) is 71.5 Å². The first-order valence-corrected chi connectivity index (χ1v) is 9.54. The van der Waals surface area contributed by atoms with E-state index in [0.717, 1.165) is 36.2 Å². The Morgan fingerprint density at radius 3 is 2.39 bits per heavy atom. The van der Waals surface area contributed by atoms with Crippen molar-refractivity contribution in [1.29, 1.82) is 0 Å². The molecule has 0 saturated carbocycles. The molecular weight excluding hydrogens is 346 g/mol. The molecule has 0 fully saturated rings. The van der Waals surface area contributed by atoms with Crippen LogP contribution < -0.4 is 5.56 Å². The molecule has 0 bridgehead atoms. The molecule has 0 atom stereocenters. The molecule has 0 aliphatic heterocycles. The number of fused-ring (bicyclic) bond motifs is 2. The van der Waals surface area contributed by atoms with Gasteiger partial charge in [0.15, 0.2) is 5.65 Å². The highest BCUT2D eigenvalue weighted by Gasteiger charge is 2.18. The summed E-state index contributed by atoms with van der Waals surface area (Å²) >= 11 is 0. The Balaban J connectivity index is 1.78. The van der Waals surface area contributed by atoms with E-state index < -0.39 is 0 Å². The van der Waals surface area contributed by atoms with Crippen molar-refractivity contribution in [2.45, 2.75) is 19.3 Å². The van der Waals surface area contributed by atoms with Gasteiger partial charge in [-0.25, -0.2) is 4.98 Å². The maximum absolute atomic E-state index is 12.8. The number of para-hydroxylation sites is 1. The van der Waals surface area contributed by atoms with Crippen molar-refractivity contribution >= 4 is 23.2 Å². The molecule has 0 N–H and O–H groups in total. The molecule has 0 radical (unpaired) electrons. The Bertz CT molecular complexity index is 1240. The quantitative estimate of drug-likeness (QED) is 0.539. The molecule has 0 saturated heterocycles. The van der Waals surface area contributed by atoms with Gasteiger partial charge in [0.2, 0.25) is 0 Å². The van der Waals surface area contributed by atoms with Gasteiger partial charge in [-0.05, 0) is 54.7 Å². The van der Waals surface area contributed by atoms with Crippen LogP contribution in [0.25, 0.3) is 28.9 Å². The van der Waals surface area contributed by atoms with Gasteiger partial charge in [-0.1, -0.05) is 54.6 Å². The van der Waals surface area contributed by atoms with Crippen molar-refractivity contribution in [1.82, 2.24) is 14.5 Å². The minimum Gasteiger partial charge on any atom is -0.278 e. The lowest BCUT2D eigenvalue weighted by Gasteiger charge is -2.14. The highest BCUT2D eigenvalue weighted by Crippen LogP contribution is 2.25. The molecule has 136 valence electrons. The fourth-order valence-corrected chi connectivity index (χ4v) is 3.79. The lowest BCUT2D eigenvalue weighted by atomic mass is 10.1. The molecule has 4 nitrogen and oxygen atoms in total. The van der Waals surface area contributed by atoms with Gasteiger partial charge in [-0.15, -0.1) is 0 Å². The third kappa shape index (κ3) is 2.93. The van der Waals surface area contributed by atoms with Gasteiger partial charge in [-0.3, -0.25) is 9.36 Å². The standard InChI is InChI=1S/C24H19N3O/c28-24-20-16-18-10-7-13-21(18)25-23(20)27(19-11-5-2-6-12-19)22(26-24)15-14-17-8-3-1-4-9-17/h1-6,8-9,11-12,14-16H,7,10,13H2/b15-14+. The van der Waals surface area contributed by atoms with E-state index in [0.29, 0.717) is 16.9 Å². The zero-order chi connectivity index (χ0) is 18.9. The number of benzene rings is 2. The summed E-state index contributed by atoms with van der Waals surface area (Å²) < 4.78 is 1.98. The van der Waals surface area contributed by atoms with E-state index in [1.165, 1.54) is 5.56 Å². The van der Waals surface area contributed by atoms with E-state index in [1.807, 2.05) is 83.4 Å². The van der Waals surface area contributed by atoms with Crippen LogP contribution in [0, 0.1) is 0 Å². The molecular formula is C24H19N3O. The van der Waals surface area contributed by atoms with Crippen LogP contribution in [0.4, 0.5) is 0 Å². The molecule has 28 heavy (non-hydrogen) atoms. The van der Waals surface area contributed by atoms with Gasteiger partial charge in [0.05, 0.1) is 5.39 Å². The van der Waals surface area contributed by atoms with Gasteiger partial charge in [0, 0.05) is 11.4 Å². The Morgan fingerprint density at radius 1 is 0.857 bits per heavy atom. The van der Waals surface area contributed by atoms with Gasteiger partial charge in [0.1, 0.15) is 5.82 Å². The third-order valence-corrected chi connectivity index (χ3v) is 5.16. The SMILES string of the molecule is O=c1nc(/C=C/c2ccccc2)n(-c2ccccc2)c2nc3c(cc12)CCC3. The number of hydrogen-bond donors (Lipinski definition) is 0. The van der Waals surface area contributed by atoms with Crippen molar-refractivity contribution in [3.05, 3.63) is 99.7 Å². The second kappa shape index (κ2) is 6.89. The molecule has 2 aromatic carbocycles. The van der Waals surface area contributed by atoms with Crippen molar-refractivity contribution < 1.29 is 0 Å². The highest BCUT2D eigenvalue weighted by molar-refractivity contribution is 5.80. The normalized spacial score (nSPS) is 13.3. The minimum absolute atomic E-state index is 0.225. The van der Waals surface area contributed by atoms with Crippen molar-refractivity contribution in [3.8, 4) is 5.69 Å². The van der Waals surface area contributed by atoms with E-state index in [2.05, 4.69) is 4.98 Å². The van der Waals surface area contributed by atoms with Crippen molar-refractivity contribution in [3.63, 3.8) is 0 Å². The average Bonchev–Trinajstić information content (AvgIpc) is 3.20. The first-order valence-electron chi connectivity index (χ1n) is 9.54. The summed E-state index contributed by atoms with van der Waals surface area (Å²) in [7, 11) is 0. The molecule has 0 amide bonds. The zero-order valence-corrected chi connectivity index (χ0v) is 15.4. The maximum Gasteiger partial charge on any atom is 0.282 e. The number of hydrogen-bond acceptors (Lipinski definition) is 3. The van der Waals surface area contributed by atoms with Crippen LogP contribution in [-0.2, 0) is 12.8 Å². The predicted octanol–water partition coefficient (Wildman–Crippen LogP) is 4.44. The van der Waals surface area contributed by atoms with Crippen molar-refractivity contribution in [2.75, 3.05) is 0 Å². The molecule has 4 heteroatoms. The molecule has 2 aromatic heterocycles. The average molecular weight is 365 g/mol. The number of rotatable bonds is 3. The summed E-state index contributed by atoms with van der Waals surface area (Å²) in [5.74, 6) is 0.581. The minimum atomic E-state index is -0.225. The van der Waals surface area contributed by atoms with Gasteiger partial charge < -0.3 is 0 Å². The number of aryl methyl sites for hydroxylation is 2. The number of nitrogens with zero attached hydrogens (tertiary/aromatic N) is 3. The van der Waals surface area contributed by atoms with Gasteiger partial charge in [0.25, 0.3) is 5.56 Å². The zero-order valence-electron chi connectivity index (χ0n) is 15.4. The van der Waals surface area contributed by atoms with Crippen LogP contribution in [-0.4, -0.2) is 14.5 Å². The molecule has 1 aliphatic rings.